The zero-order valence-corrected chi connectivity index (χ0v) is 16.7. The van der Waals surface area contributed by atoms with E-state index in [0.29, 0.717) is 12.2 Å². The van der Waals surface area contributed by atoms with Crippen LogP contribution in [0.5, 0.6) is 0 Å². The normalized spacial score (nSPS) is 12.4. The molecule has 10 heteroatoms. The van der Waals surface area contributed by atoms with Gasteiger partial charge in [0.05, 0.1) is 17.7 Å². The first-order chi connectivity index (χ1) is 12.8. The van der Waals surface area contributed by atoms with Crippen LogP contribution in [0, 0.1) is 0 Å². The highest BCUT2D eigenvalue weighted by Gasteiger charge is 2.27. The maximum atomic E-state index is 12.4. The topological polar surface area (TPSA) is 111 Å². The maximum absolute atomic E-state index is 12.4. The average Bonchev–Trinajstić information content (AvgIpc) is 2.64. The van der Waals surface area contributed by atoms with Crippen molar-refractivity contribution in [3.8, 4) is 0 Å². The first-order valence-electron chi connectivity index (χ1n) is 7.93. The van der Waals surface area contributed by atoms with E-state index in [0.717, 1.165) is 7.11 Å². The molecule has 0 fully saturated rings. The zero-order valence-electron chi connectivity index (χ0n) is 15.1. The Morgan fingerprint density at radius 2 is 1.89 bits per heavy atom. The predicted molar refractivity (Wildman–Crippen MR) is 102 cm³/mol. The van der Waals surface area contributed by atoms with E-state index in [1.807, 2.05) is 11.6 Å². The molecule has 0 heterocycles. The molecule has 2 N–H and O–H groups in total. The summed E-state index contributed by atoms with van der Waals surface area (Å²) in [5.74, 6) is -1.59. The van der Waals surface area contributed by atoms with Crippen LogP contribution in [0.25, 0.3) is 0 Å². The van der Waals surface area contributed by atoms with Crippen molar-refractivity contribution in [2.24, 2.45) is 0 Å². The van der Waals surface area contributed by atoms with Crippen LogP contribution in [-0.4, -0.2) is 55.1 Å². The van der Waals surface area contributed by atoms with E-state index in [-0.39, 0.29) is 10.6 Å². The van der Waals surface area contributed by atoms with Crippen LogP contribution in [0.4, 0.5) is 4.79 Å². The molecule has 2 atom stereocenters. The van der Waals surface area contributed by atoms with Gasteiger partial charge in [-0.25, -0.2) is 9.59 Å². The van der Waals surface area contributed by atoms with Gasteiger partial charge in [0.1, 0.15) is 6.04 Å². The number of methoxy groups -OCH3 is 1. The van der Waals surface area contributed by atoms with Crippen molar-refractivity contribution in [3.05, 3.63) is 34.9 Å². The number of hydrogen-bond acceptors (Lipinski definition) is 7. The van der Waals surface area contributed by atoms with Crippen LogP contribution in [0.2, 0.25) is 5.02 Å². The second kappa shape index (κ2) is 11.5. The van der Waals surface area contributed by atoms with Gasteiger partial charge in [0.15, 0.2) is 6.10 Å². The van der Waals surface area contributed by atoms with Gasteiger partial charge in [-0.05, 0) is 37.5 Å². The van der Waals surface area contributed by atoms with Crippen LogP contribution in [0.15, 0.2) is 24.3 Å². The van der Waals surface area contributed by atoms with Crippen LogP contribution in [0.1, 0.15) is 23.7 Å². The van der Waals surface area contributed by atoms with Gasteiger partial charge in [0.25, 0.3) is 11.8 Å². The van der Waals surface area contributed by atoms with Crippen molar-refractivity contribution in [3.63, 3.8) is 0 Å². The van der Waals surface area contributed by atoms with Gasteiger partial charge < -0.3 is 14.8 Å². The minimum atomic E-state index is -1.24. The molecule has 1 aromatic rings. The summed E-state index contributed by atoms with van der Waals surface area (Å²) in [6.07, 6.45) is -0.0638. The van der Waals surface area contributed by atoms with Gasteiger partial charge in [-0.2, -0.15) is 11.8 Å². The molecule has 0 aromatic heterocycles. The second-order valence-electron chi connectivity index (χ2n) is 5.35. The number of nitrogens with one attached hydrogen (secondary N) is 2. The molecular weight excluding hydrogens is 396 g/mol. The van der Waals surface area contributed by atoms with Gasteiger partial charge >= 0.3 is 12.1 Å². The summed E-state index contributed by atoms with van der Waals surface area (Å²) in [6.45, 7) is 1.30. The molecule has 0 aliphatic heterocycles. The lowest BCUT2D eigenvalue weighted by molar-refractivity contribution is -0.156. The van der Waals surface area contributed by atoms with E-state index >= 15 is 0 Å². The quantitative estimate of drug-likeness (QED) is 0.623. The number of alkyl carbamates (subject to hydrolysis) is 1. The predicted octanol–water partition coefficient (Wildman–Crippen LogP) is 2.01. The average molecular weight is 417 g/mol. The van der Waals surface area contributed by atoms with E-state index in [2.05, 4.69) is 10.1 Å². The summed E-state index contributed by atoms with van der Waals surface area (Å²) in [7, 11) is 1.10. The van der Waals surface area contributed by atoms with Gasteiger partial charge in [0, 0.05) is 0 Å². The standard InChI is InChI=1S/C17H21ClN2O6S/c1-10(14(21)20-17(24)25-2)26-16(23)13(8-9-27-3)19-15(22)11-6-4-5-7-12(11)18/h4-7,10,13H,8-9H2,1-3H3,(H,19,22)(H,20,21,24)/t10-,13-/m0/s1. The molecule has 148 valence electrons. The molecule has 0 radical (unpaired) electrons. The third-order valence-electron chi connectivity index (χ3n) is 3.39. The van der Waals surface area contributed by atoms with Crippen molar-refractivity contribution >= 4 is 47.2 Å². The Bertz CT molecular complexity index is 700. The van der Waals surface area contributed by atoms with Crippen LogP contribution < -0.4 is 10.6 Å². The summed E-state index contributed by atoms with van der Waals surface area (Å²) in [6, 6.07) is 5.44. The van der Waals surface area contributed by atoms with Crippen molar-refractivity contribution < 1.29 is 28.7 Å². The minimum absolute atomic E-state index is 0.220. The molecular formula is C17H21ClN2O6S. The number of ether oxygens (including phenoxy) is 2. The number of halogens is 1. The molecule has 1 aromatic carbocycles. The van der Waals surface area contributed by atoms with Gasteiger partial charge in [-0.15, -0.1) is 0 Å². The van der Waals surface area contributed by atoms with Gasteiger partial charge in [-0.3, -0.25) is 14.9 Å². The van der Waals surface area contributed by atoms with Crippen molar-refractivity contribution in [2.75, 3.05) is 19.1 Å². The Morgan fingerprint density at radius 1 is 1.22 bits per heavy atom. The fourth-order valence-electron chi connectivity index (χ4n) is 1.93. The summed E-state index contributed by atoms with van der Waals surface area (Å²) >= 11 is 7.48. The first-order valence-corrected chi connectivity index (χ1v) is 9.71. The molecule has 0 bridgehead atoms. The monoisotopic (exact) mass is 416 g/mol. The van der Waals surface area contributed by atoms with E-state index in [9.17, 15) is 19.2 Å². The van der Waals surface area contributed by atoms with E-state index in [1.54, 1.807) is 18.2 Å². The van der Waals surface area contributed by atoms with Crippen LogP contribution in [-0.2, 0) is 19.1 Å². The number of hydrogen-bond donors (Lipinski definition) is 2. The molecule has 0 spiro atoms. The number of thioether (sulfide) groups is 1. The smallest absolute Gasteiger partial charge is 0.413 e. The minimum Gasteiger partial charge on any atom is -0.453 e. The van der Waals surface area contributed by atoms with E-state index < -0.39 is 36.0 Å². The molecule has 0 aliphatic carbocycles. The van der Waals surface area contributed by atoms with Crippen molar-refractivity contribution in [1.29, 1.82) is 0 Å². The maximum Gasteiger partial charge on any atom is 0.413 e. The lowest BCUT2D eigenvalue weighted by Crippen LogP contribution is -2.46. The second-order valence-corrected chi connectivity index (χ2v) is 6.74. The molecule has 8 nitrogen and oxygen atoms in total. The Balaban J connectivity index is 2.78. The Morgan fingerprint density at radius 3 is 2.48 bits per heavy atom. The molecule has 27 heavy (non-hydrogen) atoms. The zero-order chi connectivity index (χ0) is 20.4. The molecule has 1 rings (SSSR count). The molecule has 0 saturated heterocycles. The van der Waals surface area contributed by atoms with Crippen LogP contribution in [0.3, 0.4) is 0 Å². The Kier molecular flexibility index (Phi) is 9.66. The summed E-state index contributed by atoms with van der Waals surface area (Å²) in [5, 5.41) is 4.72. The SMILES string of the molecule is COC(=O)NC(=O)[C@H](C)OC(=O)[C@H](CCSC)NC(=O)c1ccccc1Cl. The number of benzene rings is 1. The highest BCUT2D eigenvalue weighted by molar-refractivity contribution is 7.98. The number of rotatable bonds is 8. The fraction of sp³-hybridized carbons (Fsp3) is 0.412. The first kappa shape index (κ1) is 22.8. The van der Waals surface area contributed by atoms with Gasteiger partial charge in [-0.1, -0.05) is 23.7 Å². The molecule has 0 saturated carbocycles. The number of carbonyl (C=O) groups excluding carboxylic acids is 4. The highest BCUT2D eigenvalue weighted by Crippen LogP contribution is 2.15. The third-order valence-corrected chi connectivity index (χ3v) is 4.37. The number of imide groups is 1. The van der Waals surface area contributed by atoms with Crippen LogP contribution >= 0.6 is 23.4 Å². The molecule has 0 unspecified atom stereocenters. The Hall–Kier alpha value is -2.26. The van der Waals surface area contributed by atoms with Crippen molar-refractivity contribution in [2.45, 2.75) is 25.5 Å². The lowest BCUT2D eigenvalue weighted by atomic mass is 10.1. The van der Waals surface area contributed by atoms with E-state index in [4.69, 9.17) is 16.3 Å². The molecule has 3 amide bonds. The third kappa shape index (κ3) is 7.48. The Labute approximate surface area is 166 Å². The number of carbonyl (C=O) groups is 4. The summed E-state index contributed by atoms with van der Waals surface area (Å²) < 4.78 is 9.37. The summed E-state index contributed by atoms with van der Waals surface area (Å²) in [4.78, 5) is 47.6. The van der Waals surface area contributed by atoms with Crippen molar-refractivity contribution in [1.82, 2.24) is 10.6 Å². The van der Waals surface area contributed by atoms with Gasteiger partial charge in [0.2, 0.25) is 0 Å². The summed E-state index contributed by atoms with van der Waals surface area (Å²) in [5.41, 5.74) is 0.220. The number of amides is 3. The molecule has 0 aliphatic rings. The lowest BCUT2D eigenvalue weighted by Gasteiger charge is -2.20. The highest BCUT2D eigenvalue weighted by atomic mass is 35.5. The van der Waals surface area contributed by atoms with E-state index in [1.165, 1.54) is 24.8 Å². The fourth-order valence-corrected chi connectivity index (χ4v) is 2.62. The number of esters is 1. The largest absolute Gasteiger partial charge is 0.453 e.